The third-order valence-corrected chi connectivity index (χ3v) is 1.70. The van der Waals surface area contributed by atoms with E-state index >= 15 is 0 Å². The van der Waals surface area contributed by atoms with Gasteiger partial charge in [-0.3, -0.25) is 25.2 Å². The Kier molecular flexibility index (Phi) is 4.06. The lowest BCUT2D eigenvalue weighted by Gasteiger charge is -1.97. The molecule has 1 heterocycles. The Balaban J connectivity index is 2.19. The Hall–Kier alpha value is -1.43. The number of guanidine groups is 1. The summed E-state index contributed by atoms with van der Waals surface area (Å²) < 4.78 is 4.86. The number of hydrogen-bond donors (Lipinski definition) is 2. The zero-order valence-electron chi connectivity index (χ0n) is 8.00. The highest BCUT2D eigenvalue weighted by molar-refractivity contribution is 6.45. The number of hydrogen-bond acceptors (Lipinski definition) is 4. The van der Waals surface area contributed by atoms with Crippen molar-refractivity contribution in [1.82, 2.24) is 10.6 Å². The Bertz CT molecular complexity index is 245. The number of amides is 2. The lowest BCUT2D eigenvalue weighted by Crippen LogP contribution is -2.25. The van der Waals surface area contributed by atoms with Gasteiger partial charge >= 0.3 is 11.8 Å². The number of nitrogens with zero attached hydrogens (tertiary/aromatic N) is 1. The number of unbranched alkanes of at least 4 members (excludes halogenated alkanes) is 1. The maximum Gasteiger partial charge on any atom is 0.316 e. The fourth-order valence-electron chi connectivity index (χ4n) is 0.988. The van der Waals surface area contributed by atoms with Gasteiger partial charge in [0.25, 0.3) is 0 Å². The van der Waals surface area contributed by atoms with Gasteiger partial charge in [-0.05, 0) is 12.8 Å². The number of carbonyl (C=O) groups is 2. The first kappa shape index (κ1) is 10.6. The Labute approximate surface area is 81.7 Å². The van der Waals surface area contributed by atoms with E-state index in [0.29, 0.717) is 13.2 Å². The van der Waals surface area contributed by atoms with E-state index in [4.69, 9.17) is 4.74 Å². The van der Waals surface area contributed by atoms with Crippen molar-refractivity contribution in [2.75, 3.05) is 20.3 Å². The molecule has 0 aromatic carbocycles. The van der Waals surface area contributed by atoms with E-state index in [2.05, 4.69) is 15.6 Å². The largest absolute Gasteiger partial charge is 0.385 e. The standard InChI is InChI=1S/C8H13N3O3/c1-14-5-3-2-4-9-8-10-6(12)7(13)11-8/h2-5H2,1H3,(H2,9,10,11,12,13). The predicted molar refractivity (Wildman–Crippen MR) is 49.7 cm³/mol. The zero-order chi connectivity index (χ0) is 10.4. The van der Waals surface area contributed by atoms with E-state index in [9.17, 15) is 9.59 Å². The van der Waals surface area contributed by atoms with Crippen LogP contribution in [-0.2, 0) is 14.3 Å². The topological polar surface area (TPSA) is 79.8 Å². The minimum absolute atomic E-state index is 0.248. The molecule has 0 spiro atoms. The van der Waals surface area contributed by atoms with Crippen molar-refractivity contribution in [3.8, 4) is 0 Å². The molecule has 1 aliphatic rings. The van der Waals surface area contributed by atoms with Crippen LogP contribution >= 0.6 is 0 Å². The molecule has 0 atom stereocenters. The summed E-state index contributed by atoms with van der Waals surface area (Å²) in [6, 6.07) is 0. The molecule has 1 aliphatic heterocycles. The van der Waals surface area contributed by atoms with Crippen LogP contribution in [0.15, 0.2) is 4.99 Å². The van der Waals surface area contributed by atoms with Crippen LogP contribution in [0.1, 0.15) is 12.8 Å². The smallest absolute Gasteiger partial charge is 0.316 e. The van der Waals surface area contributed by atoms with E-state index in [1.54, 1.807) is 7.11 Å². The monoisotopic (exact) mass is 199 g/mol. The lowest BCUT2D eigenvalue weighted by molar-refractivity contribution is -0.135. The van der Waals surface area contributed by atoms with E-state index < -0.39 is 11.8 Å². The number of methoxy groups -OCH3 is 1. The molecule has 1 fully saturated rings. The van der Waals surface area contributed by atoms with Crippen LogP contribution in [0.2, 0.25) is 0 Å². The van der Waals surface area contributed by atoms with E-state index in [0.717, 1.165) is 12.8 Å². The van der Waals surface area contributed by atoms with Crippen LogP contribution in [0.4, 0.5) is 0 Å². The predicted octanol–water partition coefficient (Wildman–Crippen LogP) is -0.985. The third kappa shape index (κ3) is 3.14. The molecule has 2 N–H and O–H groups in total. The van der Waals surface area contributed by atoms with Crippen LogP contribution < -0.4 is 10.6 Å². The second-order valence-electron chi connectivity index (χ2n) is 2.84. The van der Waals surface area contributed by atoms with Gasteiger partial charge in [0.2, 0.25) is 5.96 Å². The second kappa shape index (κ2) is 5.33. The Morgan fingerprint density at radius 2 is 1.86 bits per heavy atom. The lowest BCUT2D eigenvalue weighted by atomic mass is 10.3. The highest BCUT2D eigenvalue weighted by Crippen LogP contribution is 1.91. The first-order valence-corrected chi connectivity index (χ1v) is 4.40. The number of carbonyl (C=O) groups excluding carboxylic acids is 2. The highest BCUT2D eigenvalue weighted by Gasteiger charge is 2.24. The van der Waals surface area contributed by atoms with Gasteiger partial charge in [-0.15, -0.1) is 0 Å². The summed E-state index contributed by atoms with van der Waals surface area (Å²) in [7, 11) is 1.64. The zero-order valence-corrected chi connectivity index (χ0v) is 8.00. The van der Waals surface area contributed by atoms with Crippen LogP contribution in [0.3, 0.4) is 0 Å². The third-order valence-electron chi connectivity index (χ3n) is 1.70. The number of ether oxygens (including phenoxy) is 1. The number of rotatable bonds is 5. The maximum atomic E-state index is 10.7. The minimum Gasteiger partial charge on any atom is -0.385 e. The molecule has 14 heavy (non-hydrogen) atoms. The van der Waals surface area contributed by atoms with Gasteiger partial charge in [0.1, 0.15) is 0 Å². The van der Waals surface area contributed by atoms with Crippen molar-refractivity contribution in [2.45, 2.75) is 12.8 Å². The fraction of sp³-hybridized carbons (Fsp3) is 0.625. The molecule has 78 valence electrons. The Morgan fingerprint density at radius 1 is 1.21 bits per heavy atom. The molecular formula is C8H13N3O3. The highest BCUT2D eigenvalue weighted by atomic mass is 16.5. The summed E-state index contributed by atoms with van der Waals surface area (Å²) in [5.74, 6) is -1.06. The molecule has 1 rings (SSSR count). The molecule has 0 unspecified atom stereocenters. The molecule has 0 aliphatic carbocycles. The van der Waals surface area contributed by atoms with Crippen LogP contribution in [-0.4, -0.2) is 38.0 Å². The normalized spacial score (nSPS) is 15.4. The Morgan fingerprint density at radius 3 is 2.43 bits per heavy atom. The van der Waals surface area contributed by atoms with Crippen LogP contribution in [0.5, 0.6) is 0 Å². The number of aliphatic imine (C=N–C) groups is 1. The van der Waals surface area contributed by atoms with E-state index in [-0.39, 0.29) is 5.96 Å². The van der Waals surface area contributed by atoms with Crippen molar-refractivity contribution >= 4 is 17.8 Å². The molecule has 0 bridgehead atoms. The fourth-order valence-corrected chi connectivity index (χ4v) is 0.988. The van der Waals surface area contributed by atoms with Gasteiger partial charge in [0, 0.05) is 20.3 Å². The van der Waals surface area contributed by atoms with Crippen molar-refractivity contribution in [3.63, 3.8) is 0 Å². The van der Waals surface area contributed by atoms with Crippen molar-refractivity contribution in [1.29, 1.82) is 0 Å². The maximum absolute atomic E-state index is 10.7. The molecular weight excluding hydrogens is 186 g/mol. The van der Waals surface area contributed by atoms with Crippen molar-refractivity contribution < 1.29 is 14.3 Å². The summed E-state index contributed by atoms with van der Waals surface area (Å²) in [6.07, 6.45) is 1.78. The van der Waals surface area contributed by atoms with Gasteiger partial charge < -0.3 is 4.74 Å². The molecule has 0 radical (unpaired) electrons. The molecule has 6 heteroatoms. The summed E-state index contributed by atoms with van der Waals surface area (Å²) in [5, 5.41) is 4.63. The average Bonchev–Trinajstić information content (AvgIpc) is 2.46. The first-order chi connectivity index (χ1) is 6.74. The molecule has 0 saturated carbocycles. The van der Waals surface area contributed by atoms with E-state index in [1.807, 2.05) is 0 Å². The molecule has 6 nitrogen and oxygen atoms in total. The number of nitrogens with one attached hydrogen (secondary N) is 2. The quantitative estimate of drug-likeness (QED) is 0.441. The summed E-state index contributed by atoms with van der Waals surface area (Å²) in [5.41, 5.74) is 0. The van der Waals surface area contributed by atoms with Gasteiger partial charge in [-0.25, -0.2) is 0 Å². The summed E-state index contributed by atoms with van der Waals surface area (Å²) >= 11 is 0. The summed E-state index contributed by atoms with van der Waals surface area (Å²) in [6.45, 7) is 1.27. The molecule has 2 amide bonds. The average molecular weight is 199 g/mol. The van der Waals surface area contributed by atoms with Gasteiger partial charge in [0.15, 0.2) is 0 Å². The SMILES string of the molecule is COCCCCN=C1NC(=O)C(=O)N1. The first-order valence-electron chi connectivity index (χ1n) is 4.40. The molecule has 1 saturated heterocycles. The van der Waals surface area contributed by atoms with Crippen LogP contribution in [0, 0.1) is 0 Å². The van der Waals surface area contributed by atoms with Crippen LogP contribution in [0.25, 0.3) is 0 Å². The van der Waals surface area contributed by atoms with Gasteiger partial charge in [0.05, 0.1) is 0 Å². The van der Waals surface area contributed by atoms with Gasteiger partial charge in [-0.1, -0.05) is 0 Å². The van der Waals surface area contributed by atoms with Gasteiger partial charge in [-0.2, -0.15) is 0 Å². The molecule has 0 aromatic rings. The summed E-state index contributed by atoms with van der Waals surface area (Å²) in [4.78, 5) is 25.4. The molecule has 0 aromatic heterocycles. The van der Waals surface area contributed by atoms with Crippen molar-refractivity contribution in [2.24, 2.45) is 4.99 Å². The minimum atomic E-state index is -0.652. The van der Waals surface area contributed by atoms with E-state index in [1.165, 1.54) is 0 Å². The van der Waals surface area contributed by atoms with Crippen molar-refractivity contribution in [3.05, 3.63) is 0 Å². The second-order valence-corrected chi connectivity index (χ2v) is 2.84.